The molecular weight excluding hydrogens is 294 g/mol. The van der Waals surface area contributed by atoms with Gasteiger partial charge in [0, 0.05) is 13.3 Å². The molecule has 4 N–H and O–H groups in total. The molecule has 0 aliphatic carbocycles. The Labute approximate surface area is 136 Å². The van der Waals surface area contributed by atoms with Crippen LogP contribution in [0.2, 0.25) is 0 Å². The molecule has 126 valence electrons. The summed E-state index contributed by atoms with van der Waals surface area (Å²) in [5.74, 6) is -1.37. The largest absolute Gasteiger partial charge is 0.368 e. The molecule has 0 aromatic heterocycles. The van der Waals surface area contributed by atoms with E-state index >= 15 is 0 Å². The van der Waals surface area contributed by atoms with Gasteiger partial charge in [-0.15, -0.1) is 0 Å². The molecule has 0 saturated carbocycles. The van der Waals surface area contributed by atoms with Crippen molar-refractivity contribution in [1.29, 1.82) is 0 Å². The third-order valence-corrected chi connectivity index (χ3v) is 3.79. The van der Waals surface area contributed by atoms with Crippen LogP contribution in [0.25, 0.3) is 0 Å². The van der Waals surface area contributed by atoms with Crippen molar-refractivity contribution in [2.24, 2.45) is 11.7 Å². The molecule has 1 aromatic rings. The van der Waals surface area contributed by atoms with Gasteiger partial charge >= 0.3 is 0 Å². The van der Waals surface area contributed by atoms with Crippen molar-refractivity contribution < 1.29 is 14.4 Å². The predicted octanol–water partition coefficient (Wildman–Crippen LogP) is 0.750. The standard InChI is InChI=1S/C17H25N3O3/c1-4-11(2)15(16(18)22)20-17(23)14(19-12(3)21)10-13-8-6-5-7-9-13/h5-9,11,14-15H,4,10H2,1-3H3,(H2,18,22)(H,19,21)(H,20,23)/t11-,14+,15+/m0/s1. The molecule has 0 bridgehead atoms. The molecule has 3 amide bonds. The minimum Gasteiger partial charge on any atom is -0.368 e. The van der Waals surface area contributed by atoms with Crippen LogP contribution in [0.1, 0.15) is 32.8 Å². The molecule has 0 saturated heterocycles. The van der Waals surface area contributed by atoms with Gasteiger partial charge in [0.25, 0.3) is 0 Å². The normalized spacial score (nSPS) is 14.4. The number of carbonyl (C=O) groups excluding carboxylic acids is 3. The topological polar surface area (TPSA) is 101 Å². The molecule has 6 heteroatoms. The Kier molecular flexibility index (Phi) is 7.25. The Morgan fingerprint density at radius 1 is 1.13 bits per heavy atom. The van der Waals surface area contributed by atoms with Gasteiger partial charge in [-0.25, -0.2) is 0 Å². The maximum Gasteiger partial charge on any atom is 0.243 e. The molecule has 0 spiro atoms. The van der Waals surface area contributed by atoms with Gasteiger partial charge in [0.05, 0.1) is 0 Å². The van der Waals surface area contributed by atoms with Crippen LogP contribution in [-0.4, -0.2) is 29.8 Å². The Morgan fingerprint density at radius 3 is 2.22 bits per heavy atom. The first-order chi connectivity index (χ1) is 10.8. The van der Waals surface area contributed by atoms with E-state index in [1.807, 2.05) is 44.2 Å². The van der Waals surface area contributed by atoms with Crippen LogP contribution in [0.3, 0.4) is 0 Å². The molecule has 6 nitrogen and oxygen atoms in total. The molecule has 0 unspecified atom stereocenters. The van der Waals surface area contributed by atoms with E-state index in [1.165, 1.54) is 6.92 Å². The summed E-state index contributed by atoms with van der Waals surface area (Å²) in [4.78, 5) is 35.4. The maximum absolute atomic E-state index is 12.5. The number of nitrogens with one attached hydrogen (secondary N) is 2. The van der Waals surface area contributed by atoms with Crippen LogP contribution in [0.4, 0.5) is 0 Å². The van der Waals surface area contributed by atoms with Crippen molar-refractivity contribution in [1.82, 2.24) is 10.6 Å². The minimum absolute atomic E-state index is 0.0776. The highest BCUT2D eigenvalue weighted by Crippen LogP contribution is 2.09. The predicted molar refractivity (Wildman–Crippen MR) is 88.3 cm³/mol. The highest BCUT2D eigenvalue weighted by molar-refractivity contribution is 5.91. The maximum atomic E-state index is 12.5. The lowest BCUT2D eigenvalue weighted by Crippen LogP contribution is -2.55. The van der Waals surface area contributed by atoms with Crippen LogP contribution in [0.15, 0.2) is 30.3 Å². The fraction of sp³-hybridized carbons (Fsp3) is 0.471. The lowest BCUT2D eigenvalue weighted by atomic mass is 9.97. The summed E-state index contributed by atoms with van der Waals surface area (Å²) in [7, 11) is 0. The Balaban J connectivity index is 2.86. The first-order valence-electron chi connectivity index (χ1n) is 7.75. The zero-order chi connectivity index (χ0) is 17.4. The summed E-state index contributed by atoms with van der Waals surface area (Å²) < 4.78 is 0. The smallest absolute Gasteiger partial charge is 0.243 e. The van der Waals surface area contributed by atoms with Crippen LogP contribution >= 0.6 is 0 Å². The lowest BCUT2D eigenvalue weighted by Gasteiger charge is -2.24. The molecule has 3 atom stereocenters. The van der Waals surface area contributed by atoms with E-state index in [0.717, 1.165) is 5.56 Å². The van der Waals surface area contributed by atoms with E-state index in [2.05, 4.69) is 10.6 Å². The second-order valence-electron chi connectivity index (χ2n) is 5.72. The van der Waals surface area contributed by atoms with Crippen LogP contribution < -0.4 is 16.4 Å². The van der Waals surface area contributed by atoms with E-state index in [4.69, 9.17) is 5.73 Å². The molecule has 0 radical (unpaired) electrons. The van der Waals surface area contributed by atoms with E-state index < -0.39 is 23.9 Å². The fourth-order valence-corrected chi connectivity index (χ4v) is 2.29. The number of primary amides is 1. The Morgan fingerprint density at radius 2 is 1.74 bits per heavy atom. The molecule has 1 aromatic carbocycles. The number of rotatable bonds is 8. The summed E-state index contributed by atoms with van der Waals surface area (Å²) in [5, 5.41) is 5.29. The van der Waals surface area contributed by atoms with Crippen LogP contribution in [0.5, 0.6) is 0 Å². The number of nitrogens with two attached hydrogens (primary N) is 1. The average molecular weight is 319 g/mol. The monoisotopic (exact) mass is 319 g/mol. The van der Waals surface area contributed by atoms with E-state index in [9.17, 15) is 14.4 Å². The van der Waals surface area contributed by atoms with Crippen molar-refractivity contribution in [2.75, 3.05) is 0 Å². The minimum atomic E-state index is -0.750. The second-order valence-corrected chi connectivity index (χ2v) is 5.72. The van der Waals surface area contributed by atoms with Gasteiger partial charge in [0.2, 0.25) is 17.7 Å². The zero-order valence-corrected chi connectivity index (χ0v) is 13.8. The summed E-state index contributed by atoms with van der Waals surface area (Å²) in [6.07, 6.45) is 1.05. The van der Waals surface area contributed by atoms with Crippen LogP contribution in [0, 0.1) is 5.92 Å². The van der Waals surface area contributed by atoms with E-state index in [1.54, 1.807) is 0 Å². The van der Waals surface area contributed by atoms with Crippen molar-refractivity contribution in [3.63, 3.8) is 0 Å². The number of benzene rings is 1. The SMILES string of the molecule is CC[C@H](C)[C@@H](NC(=O)[C@@H](Cc1ccccc1)NC(C)=O)C(N)=O. The molecule has 0 heterocycles. The summed E-state index contributed by atoms with van der Waals surface area (Å²) in [6.45, 7) is 5.12. The molecule has 0 fully saturated rings. The lowest BCUT2D eigenvalue weighted by molar-refractivity contribution is -0.131. The van der Waals surface area contributed by atoms with Crippen molar-refractivity contribution in [3.8, 4) is 0 Å². The summed E-state index contributed by atoms with van der Waals surface area (Å²) >= 11 is 0. The first kappa shape index (κ1) is 18.7. The number of hydrogen-bond donors (Lipinski definition) is 3. The van der Waals surface area contributed by atoms with Crippen molar-refractivity contribution in [2.45, 2.75) is 45.7 Å². The van der Waals surface area contributed by atoms with Crippen molar-refractivity contribution >= 4 is 17.7 Å². The summed E-state index contributed by atoms with van der Waals surface area (Å²) in [6, 6.07) is 7.86. The highest BCUT2D eigenvalue weighted by Gasteiger charge is 2.28. The van der Waals surface area contributed by atoms with Gasteiger partial charge in [0.1, 0.15) is 12.1 Å². The van der Waals surface area contributed by atoms with E-state index in [-0.39, 0.29) is 11.8 Å². The second kappa shape index (κ2) is 8.92. The quantitative estimate of drug-likeness (QED) is 0.659. The molecule has 0 aliphatic heterocycles. The van der Waals surface area contributed by atoms with E-state index in [0.29, 0.717) is 12.8 Å². The average Bonchev–Trinajstić information content (AvgIpc) is 2.51. The van der Waals surface area contributed by atoms with Gasteiger partial charge in [-0.2, -0.15) is 0 Å². The van der Waals surface area contributed by atoms with Gasteiger partial charge < -0.3 is 16.4 Å². The summed E-state index contributed by atoms with van der Waals surface area (Å²) in [5.41, 5.74) is 6.29. The van der Waals surface area contributed by atoms with Gasteiger partial charge in [-0.1, -0.05) is 50.6 Å². The molecule has 0 aliphatic rings. The molecule has 1 rings (SSSR count). The van der Waals surface area contributed by atoms with Gasteiger partial charge in [-0.05, 0) is 11.5 Å². The first-order valence-corrected chi connectivity index (χ1v) is 7.75. The third-order valence-electron chi connectivity index (χ3n) is 3.79. The third kappa shape index (κ3) is 6.10. The zero-order valence-electron chi connectivity index (χ0n) is 13.8. The number of carbonyl (C=O) groups is 3. The molecular formula is C17H25N3O3. The van der Waals surface area contributed by atoms with Gasteiger partial charge in [0.15, 0.2) is 0 Å². The van der Waals surface area contributed by atoms with Crippen molar-refractivity contribution in [3.05, 3.63) is 35.9 Å². The Hall–Kier alpha value is -2.37. The van der Waals surface area contributed by atoms with Crippen LogP contribution in [-0.2, 0) is 20.8 Å². The van der Waals surface area contributed by atoms with Gasteiger partial charge in [-0.3, -0.25) is 14.4 Å². The fourth-order valence-electron chi connectivity index (χ4n) is 2.29. The number of amides is 3. The highest BCUT2D eigenvalue weighted by atomic mass is 16.2. The Bertz CT molecular complexity index is 545. The molecule has 23 heavy (non-hydrogen) atoms. The number of hydrogen-bond acceptors (Lipinski definition) is 3.